The molecule has 1 unspecified atom stereocenters. The standard InChI is InChI=1S/C20H21N5O2S/c1-13-11-14(2)25-20(23-13)18(12-22-25)19-21-9-10-24(19)15(3)16-5-7-17(8-6-16)28(4,26)27/h5-12,15H,1-4H3. The smallest absolute Gasteiger partial charge is 0.175 e. The van der Waals surface area contributed by atoms with Gasteiger partial charge in [-0.05, 0) is 44.5 Å². The first-order chi connectivity index (χ1) is 13.3. The van der Waals surface area contributed by atoms with Gasteiger partial charge in [0.25, 0.3) is 0 Å². The summed E-state index contributed by atoms with van der Waals surface area (Å²) >= 11 is 0. The fraction of sp³-hybridized carbons (Fsp3) is 0.250. The number of sulfone groups is 1. The van der Waals surface area contributed by atoms with Crippen LogP contribution in [-0.2, 0) is 9.84 Å². The molecule has 0 spiro atoms. The second-order valence-corrected chi connectivity index (χ2v) is 9.02. The Bertz CT molecular complexity index is 1270. The Morgan fingerprint density at radius 1 is 1.11 bits per heavy atom. The minimum absolute atomic E-state index is 0.0352. The molecular formula is C20H21N5O2S. The number of hydrogen-bond donors (Lipinski definition) is 0. The summed E-state index contributed by atoms with van der Waals surface area (Å²) in [6.07, 6.45) is 6.66. The van der Waals surface area contributed by atoms with Crippen molar-refractivity contribution in [1.82, 2.24) is 24.1 Å². The highest BCUT2D eigenvalue weighted by Crippen LogP contribution is 2.28. The lowest BCUT2D eigenvalue weighted by atomic mass is 10.1. The van der Waals surface area contributed by atoms with Crippen molar-refractivity contribution in [1.29, 1.82) is 0 Å². The third-order valence-corrected chi connectivity index (χ3v) is 6.02. The summed E-state index contributed by atoms with van der Waals surface area (Å²) in [6, 6.07) is 8.92. The maximum Gasteiger partial charge on any atom is 0.175 e. The second kappa shape index (κ2) is 6.56. The van der Waals surface area contributed by atoms with Crippen molar-refractivity contribution in [3.05, 3.63) is 65.9 Å². The quantitative estimate of drug-likeness (QED) is 0.530. The molecule has 8 heteroatoms. The van der Waals surface area contributed by atoms with E-state index in [1.54, 1.807) is 24.5 Å². The van der Waals surface area contributed by atoms with Gasteiger partial charge in [0, 0.05) is 30.0 Å². The van der Waals surface area contributed by atoms with Crippen molar-refractivity contribution in [2.24, 2.45) is 0 Å². The fourth-order valence-corrected chi connectivity index (χ4v) is 4.05. The van der Waals surface area contributed by atoms with Crippen LogP contribution in [0.15, 0.2) is 53.8 Å². The molecule has 0 radical (unpaired) electrons. The Morgan fingerprint density at radius 2 is 1.82 bits per heavy atom. The predicted molar refractivity (Wildman–Crippen MR) is 107 cm³/mol. The van der Waals surface area contributed by atoms with E-state index in [0.717, 1.165) is 34.0 Å². The zero-order chi connectivity index (χ0) is 20.1. The Kier molecular flexibility index (Phi) is 4.30. The third-order valence-electron chi connectivity index (χ3n) is 4.90. The normalized spacial score (nSPS) is 13.1. The molecule has 0 amide bonds. The summed E-state index contributed by atoms with van der Waals surface area (Å²) in [5, 5.41) is 4.46. The molecule has 3 aromatic heterocycles. The van der Waals surface area contributed by atoms with Crippen LogP contribution in [0.3, 0.4) is 0 Å². The molecule has 0 fully saturated rings. The fourth-order valence-electron chi connectivity index (χ4n) is 3.42. The Balaban J connectivity index is 1.78. The number of aryl methyl sites for hydroxylation is 2. The third kappa shape index (κ3) is 3.09. The van der Waals surface area contributed by atoms with Gasteiger partial charge in [-0.15, -0.1) is 0 Å². The first kappa shape index (κ1) is 18.4. The van der Waals surface area contributed by atoms with Crippen LogP contribution in [0.4, 0.5) is 0 Å². The minimum atomic E-state index is -3.21. The molecule has 7 nitrogen and oxygen atoms in total. The van der Waals surface area contributed by atoms with Gasteiger partial charge in [0.05, 0.1) is 22.7 Å². The van der Waals surface area contributed by atoms with Crippen LogP contribution in [0.5, 0.6) is 0 Å². The molecule has 0 aliphatic rings. The molecular weight excluding hydrogens is 374 g/mol. The zero-order valence-corrected chi connectivity index (χ0v) is 17.0. The van der Waals surface area contributed by atoms with Crippen LogP contribution >= 0.6 is 0 Å². The number of imidazole rings is 1. The maximum absolute atomic E-state index is 11.7. The van der Waals surface area contributed by atoms with E-state index < -0.39 is 9.84 Å². The van der Waals surface area contributed by atoms with E-state index in [0.29, 0.717) is 4.90 Å². The molecule has 144 valence electrons. The first-order valence-corrected chi connectivity index (χ1v) is 10.8. The molecule has 4 aromatic rings. The van der Waals surface area contributed by atoms with Gasteiger partial charge in [-0.1, -0.05) is 12.1 Å². The summed E-state index contributed by atoms with van der Waals surface area (Å²) in [7, 11) is -3.21. The summed E-state index contributed by atoms with van der Waals surface area (Å²) < 4.78 is 27.3. The van der Waals surface area contributed by atoms with Gasteiger partial charge in [-0.2, -0.15) is 5.10 Å². The summed E-state index contributed by atoms with van der Waals surface area (Å²) in [5.74, 6) is 0.771. The number of nitrogens with zero attached hydrogens (tertiary/aromatic N) is 5. The van der Waals surface area contributed by atoms with Crippen LogP contribution in [0.2, 0.25) is 0 Å². The van der Waals surface area contributed by atoms with E-state index in [-0.39, 0.29) is 6.04 Å². The van der Waals surface area contributed by atoms with Crippen molar-refractivity contribution in [3.63, 3.8) is 0 Å². The van der Waals surface area contributed by atoms with Gasteiger partial charge < -0.3 is 4.57 Å². The molecule has 4 rings (SSSR count). The summed E-state index contributed by atoms with van der Waals surface area (Å²) in [6.45, 7) is 6.01. The lowest BCUT2D eigenvalue weighted by molar-refractivity contribution is 0.601. The number of benzene rings is 1. The van der Waals surface area contributed by atoms with Gasteiger partial charge >= 0.3 is 0 Å². The molecule has 1 aromatic carbocycles. The van der Waals surface area contributed by atoms with E-state index in [2.05, 4.69) is 22.0 Å². The maximum atomic E-state index is 11.7. The van der Waals surface area contributed by atoms with E-state index >= 15 is 0 Å². The van der Waals surface area contributed by atoms with E-state index in [4.69, 9.17) is 0 Å². The highest BCUT2D eigenvalue weighted by atomic mass is 32.2. The number of fused-ring (bicyclic) bond motifs is 1. The molecule has 0 aliphatic heterocycles. The van der Waals surface area contributed by atoms with Gasteiger partial charge in [-0.3, -0.25) is 0 Å². The number of aromatic nitrogens is 5. The van der Waals surface area contributed by atoms with Crippen LogP contribution in [0.25, 0.3) is 17.0 Å². The first-order valence-electron chi connectivity index (χ1n) is 8.91. The van der Waals surface area contributed by atoms with Crippen LogP contribution in [0.1, 0.15) is 29.9 Å². The molecule has 28 heavy (non-hydrogen) atoms. The topological polar surface area (TPSA) is 82.2 Å². The molecule has 3 heterocycles. The molecule has 0 aliphatic carbocycles. The highest BCUT2D eigenvalue weighted by molar-refractivity contribution is 7.90. The Morgan fingerprint density at radius 3 is 2.50 bits per heavy atom. The Hall–Kier alpha value is -3.00. The average molecular weight is 395 g/mol. The van der Waals surface area contributed by atoms with Crippen LogP contribution < -0.4 is 0 Å². The van der Waals surface area contributed by atoms with Gasteiger partial charge in [0.2, 0.25) is 0 Å². The lowest BCUT2D eigenvalue weighted by Crippen LogP contribution is -2.08. The lowest BCUT2D eigenvalue weighted by Gasteiger charge is -2.17. The summed E-state index contributed by atoms with van der Waals surface area (Å²) in [4.78, 5) is 9.50. The van der Waals surface area contributed by atoms with Gasteiger partial charge in [-0.25, -0.2) is 22.9 Å². The van der Waals surface area contributed by atoms with Crippen LogP contribution in [-0.4, -0.2) is 38.8 Å². The SMILES string of the molecule is Cc1cc(C)n2ncc(-c3nccn3C(C)c3ccc(S(C)(=O)=O)cc3)c2n1. The largest absolute Gasteiger partial charge is 0.324 e. The molecule has 0 saturated heterocycles. The molecule has 0 bridgehead atoms. The van der Waals surface area contributed by atoms with Gasteiger partial charge in [0.15, 0.2) is 15.5 Å². The zero-order valence-electron chi connectivity index (χ0n) is 16.2. The molecule has 1 atom stereocenters. The molecule has 0 N–H and O–H groups in total. The minimum Gasteiger partial charge on any atom is -0.324 e. The van der Waals surface area contributed by atoms with Crippen molar-refractivity contribution < 1.29 is 8.42 Å². The predicted octanol–water partition coefficient (Wildman–Crippen LogP) is 3.22. The summed E-state index contributed by atoms with van der Waals surface area (Å²) in [5.41, 5.74) is 4.55. The van der Waals surface area contributed by atoms with Crippen molar-refractivity contribution >= 4 is 15.5 Å². The van der Waals surface area contributed by atoms with Crippen molar-refractivity contribution in [2.45, 2.75) is 31.7 Å². The second-order valence-electron chi connectivity index (χ2n) is 7.01. The van der Waals surface area contributed by atoms with E-state index in [1.165, 1.54) is 6.26 Å². The van der Waals surface area contributed by atoms with Gasteiger partial charge in [0.1, 0.15) is 5.82 Å². The monoisotopic (exact) mass is 395 g/mol. The Labute approximate surface area is 163 Å². The van der Waals surface area contributed by atoms with Crippen LogP contribution in [0, 0.1) is 13.8 Å². The van der Waals surface area contributed by atoms with Crippen molar-refractivity contribution in [3.8, 4) is 11.4 Å². The molecule has 0 saturated carbocycles. The van der Waals surface area contributed by atoms with Crippen molar-refractivity contribution in [2.75, 3.05) is 6.26 Å². The van der Waals surface area contributed by atoms with E-state index in [1.807, 2.05) is 47.3 Å². The van der Waals surface area contributed by atoms with E-state index in [9.17, 15) is 8.42 Å². The highest BCUT2D eigenvalue weighted by Gasteiger charge is 2.19. The number of rotatable bonds is 4. The average Bonchev–Trinajstić information content (AvgIpc) is 3.27. The number of hydrogen-bond acceptors (Lipinski definition) is 5.